The lowest BCUT2D eigenvalue weighted by molar-refractivity contribution is 0.426. The molecule has 0 aromatic carbocycles. The molecule has 13 heavy (non-hydrogen) atoms. The van der Waals surface area contributed by atoms with Crippen molar-refractivity contribution >= 4 is 5.95 Å². The van der Waals surface area contributed by atoms with Crippen LogP contribution in [0.15, 0.2) is 18.5 Å². The molecule has 1 aliphatic heterocycles. The number of rotatable bonds is 2. The molecule has 1 aromatic heterocycles. The molecule has 1 saturated heterocycles. The Kier molecular flexibility index (Phi) is 2.38. The third kappa shape index (κ3) is 1.61. The number of aromatic nitrogens is 2. The van der Waals surface area contributed by atoms with Crippen LogP contribution in [0.1, 0.15) is 12.8 Å². The molecule has 2 heterocycles. The summed E-state index contributed by atoms with van der Waals surface area (Å²) in [6.45, 7) is 0.566. The fourth-order valence-corrected chi connectivity index (χ4v) is 1.70. The summed E-state index contributed by atoms with van der Waals surface area (Å²) in [6, 6.07) is 1.76. The Labute approximate surface area is 76.6 Å². The zero-order chi connectivity index (χ0) is 9.10. The van der Waals surface area contributed by atoms with Crippen LogP contribution < -0.4 is 4.90 Å². The monoisotopic (exact) mass is 181 g/mol. The Morgan fingerprint density at radius 1 is 1.46 bits per heavy atom. The van der Waals surface area contributed by atoms with Crippen molar-refractivity contribution in [3.8, 4) is 0 Å². The van der Waals surface area contributed by atoms with E-state index in [0.29, 0.717) is 5.95 Å². The van der Waals surface area contributed by atoms with E-state index in [4.69, 9.17) is 0 Å². The van der Waals surface area contributed by atoms with Crippen molar-refractivity contribution in [2.75, 3.05) is 18.1 Å². The van der Waals surface area contributed by atoms with Gasteiger partial charge in [0.05, 0.1) is 6.04 Å². The van der Waals surface area contributed by atoms with Gasteiger partial charge >= 0.3 is 0 Å². The molecule has 70 valence electrons. The number of nitrogens with zero attached hydrogens (tertiary/aromatic N) is 3. The molecule has 1 fully saturated rings. The van der Waals surface area contributed by atoms with Crippen LogP contribution in [-0.2, 0) is 0 Å². The minimum atomic E-state index is -0.307. The van der Waals surface area contributed by atoms with Gasteiger partial charge in [0.1, 0.15) is 6.67 Å². The predicted molar refractivity (Wildman–Crippen MR) is 48.4 cm³/mol. The summed E-state index contributed by atoms with van der Waals surface area (Å²) in [6.07, 6.45) is 5.33. The fraction of sp³-hybridized carbons (Fsp3) is 0.556. The number of alkyl halides is 1. The maximum atomic E-state index is 12.5. The van der Waals surface area contributed by atoms with Gasteiger partial charge < -0.3 is 4.90 Å². The van der Waals surface area contributed by atoms with E-state index in [2.05, 4.69) is 9.97 Å². The largest absolute Gasteiger partial charge is 0.335 e. The third-order valence-electron chi connectivity index (χ3n) is 2.36. The topological polar surface area (TPSA) is 29.0 Å². The van der Waals surface area contributed by atoms with Crippen molar-refractivity contribution in [2.45, 2.75) is 18.9 Å². The van der Waals surface area contributed by atoms with Crippen molar-refractivity contribution in [3.05, 3.63) is 18.5 Å². The Morgan fingerprint density at radius 2 is 2.23 bits per heavy atom. The first-order chi connectivity index (χ1) is 6.42. The number of hydrogen-bond acceptors (Lipinski definition) is 3. The van der Waals surface area contributed by atoms with Gasteiger partial charge in [-0.15, -0.1) is 0 Å². The van der Waals surface area contributed by atoms with Gasteiger partial charge in [-0.3, -0.25) is 0 Å². The van der Waals surface area contributed by atoms with Crippen molar-refractivity contribution in [1.82, 2.24) is 9.97 Å². The van der Waals surface area contributed by atoms with Crippen LogP contribution in [0.25, 0.3) is 0 Å². The second kappa shape index (κ2) is 3.68. The van der Waals surface area contributed by atoms with E-state index in [1.807, 2.05) is 4.90 Å². The Balaban J connectivity index is 2.16. The zero-order valence-corrected chi connectivity index (χ0v) is 7.36. The summed E-state index contributed by atoms with van der Waals surface area (Å²) >= 11 is 0. The van der Waals surface area contributed by atoms with Crippen molar-refractivity contribution in [1.29, 1.82) is 0 Å². The molecule has 1 atom stereocenters. The molecule has 0 spiro atoms. The quantitative estimate of drug-likeness (QED) is 0.690. The second-order valence-corrected chi connectivity index (χ2v) is 3.19. The first-order valence-corrected chi connectivity index (χ1v) is 4.51. The van der Waals surface area contributed by atoms with Crippen molar-refractivity contribution in [2.24, 2.45) is 0 Å². The highest BCUT2D eigenvalue weighted by Crippen LogP contribution is 2.21. The van der Waals surface area contributed by atoms with E-state index in [9.17, 15) is 4.39 Å². The minimum absolute atomic E-state index is 0.0117. The minimum Gasteiger partial charge on any atom is -0.335 e. The van der Waals surface area contributed by atoms with Gasteiger partial charge in [0.2, 0.25) is 5.95 Å². The van der Waals surface area contributed by atoms with Gasteiger partial charge in [-0.2, -0.15) is 0 Å². The highest BCUT2D eigenvalue weighted by molar-refractivity contribution is 5.32. The molecule has 0 radical (unpaired) electrons. The van der Waals surface area contributed by atoms with Crippen LogP contribution in [0.5, 0.6) is 0 Å². The van der Waals surface area contributed by atoms with E-state index >= 15 is 0 Å². The van der Waals surface area contributed by atoms with Crippen molar-refractivity contribution < 1.29 is 4.39 Å². The SMILES string of the molecule is FC[C@H]1CCCN1c1ncccn1. The van der Waals surface area contributed by atoms with Gasteiger partial charge in [-0.25, -0.2) is 14.4 Å². The normalized spacial score (nSPS) is 22.2. The van der Waals surface area contributed by atoms with E-state index < -0.39 is 0 Å². The molecule has 0 aliphatic carbocycles. The van der Waals surface area contributed by atoms with Crippen molar-refractivity contribution in [3.63, 3.8) is 0 Å². The van der Waals surface area contributed by atoms with Crippen LogP contribution in [0.3, 0.4) is 0 Å². The summed E-state index contributed by atoms with van der Waals surface area (Å²) in [7, 11) is 0. The molecule has 0 saturated carbocycles. The van der Waals surface area contributed by atoms with E-state index in [0.717, 1.165) is 19.4 Å². The Hall–Kier alpha value is -1.19. The summed E-state index contributed by atoms with van der Waals surface area (Å²) in [5, 5.41) is 0. The van der Waals surface area contributed by atoms with Gasteiger partial charge in [0.25, 0.3) is 0 Å². The summed E-state index contributed by atoms with van der Waals surface area (Å²) < 4.78 is 12.5. The lowest BCUT2D eigenvalue weighted by Gasteiger charge is -2.21. The third-order valence-corrected chi connectivity index (χ3v) is 2.36. The molecule has 0 bridgehead atoms. The summed E-state index contributed by atoms with van der Waals surface area (Å²) in [5.41, 5.74) is 0. The zero-order valence-electron chi connectivity index (χ0n) is 7.36. The van der Waals surface area contributed by atoms with Crippen LogP contribution in [0.4, 0.5) is 10.3 Å². The van der Waals surface area contributed by atoms with Gasteiger partial charge in [-0.05, 0) is 18.9 Å². The summed E-state index contributed by atoms with van der Waals surface area (Å²) in [4.78, 5) is 10.2. The molecular weight excluding hydrogens is 169 g/mol. The Bertz CT molecular complexity index is 265. The van der Waals surface area contributed by atoms with E-state index in [1.54, 1.807) is 18.5 Å². The maximum absolute atomic E-state index is 12.5. The maximum Gasteiger partial charge on any atom is 0.225 e. The lowest BCUT2D eigenvalue weighted by Crippen LogP contribution is -2.32. The smallest absolute Gasteiger partial charge is 0.225 e. The van der Waals surface area contributed by atoms with Gasteiger partial charge in [-0.1, -0.05) is 0 Å². The average molecular weight is 181 g/mol. The first-order valence-electron chi connectivity index (χ1n) is 4.51. The Morgan fingerprint density at radius 3 is 2.92 bits per heavy atom. The molecule has 4 heteroatoms. The van der Waals surface area contributed by atoms with Crippen LogP contribution in [0, 0.1) is 0 Å². The molecule has 0 N–H and O–H groups in total. The van der Waals surface area contributed by atoms with Crippen LogP contribution in [0.2, 0.25) is 0 Å². The van der Waals surface area contributed by atoms with Gasteiger partial charge in [0, 0.05) is 18.9 Å². The van der Waals surface area contributed by atoms with Crippen LogP contribution in [-0.4, -0.2) is 29.2 Å². The van der Waals surface area contributed by atoms with Crippen LogP contribution >= 0.6 is 0 Å². The highest BCUT2D eigenvalue weighted by Gasteiger charge is 2.25. The number of hydrogen-bond donors (Lipinski definition) is 0. The number of halogens is 1. The lowest BCUT2D eigenvalue weighted by atomic mass is 10.2. The molecule has 0 amide bonds. The average Bonchev–Trinajstić information content (AvgIpc) is 2.67. The fourth-order valence-electron chi connectivity index (χ4n) is 1.70. The van der Waals surface area contributed by atoms with E-state index in [-0.39, 0.29) is 12.7 Å². The molecule has 3 nitrogen and oxygen atoms in total. The molecular formula is C9H12FN3. The summed E-state index contributed by atoms with van der Waals surface area (Å²) in [5.74, 6) is 0.655. The van der Waals surface area contributed by atoms with E-state index in [1.165, 1.54) is 0 Å². The standard InChI is InChI=1S/C9H12FN3/c10-7-8-3-1-6-13(8)9-11-4-2-5-12-9/h2,4-5,8H,1,3,6-7H2/t8-/m1/s1. The molecule has 0 unspecified atom stereocenters. The molecule has 1 aromatic rings. The first kappa shape index (κ1) is 8.41. The van der Waals surface area contributed by atoms with Gasteiger partial charge in [0.15, 0.2) is 0 Å². The second-order valence-electron chi connectivity index (χ2n) is 3.19. The predicted octanol–water partition coefficient (Wildman–Crippen LogP) is 1.41. The molecule has 2 rings (SSSR count). The number of anilines is 1. The molecule has 1 aliphatic rings. The highest BCUT2D eigenvalue weighted by atomic mass is 19.1.